The van der Waals surface area contributed by atoms with Gasteiger partial charge >= 0.3 is 6.03 Å². The van der Waals surface area contributed by atoms with Crippen LogP contribution in [0.3, 0.4) is 0 Å². The van der Waals surface area contributed by atoms with Crippen LogP contribution < -0.4 is 20.7 Å². The van der Waals surface area contributed by atoms with Gasteiger partial charge in [-0.05, 0) is 49.2 Å². The minimum absolute atomic E-state index is 0.0892. The zero-order valence-electron chi connectivity index (χ0n) is 19.4. The molecule has 0 bridgehead atoms. The summed E-state index contributed by atoms with van der Waals surface area (Å²) in [7, 11) is 3.39. The fraction of sp³-hybridized carbons (Fsp3) is 0.417. The Kier molecular flexibility index (Phi) is 8.55. The number of nitrogens with one attached hydrogen (secondary N) is 3. The number of amides is 3. The van der Waals surface area contributed by atoms with Crippen LogP contribution in [0, 0.1) is 5.92 Å². The van der Waals surface area contributed by atoms with Gasteiger partial charge in [-0.25, -0.2) is 4.79 Å². The van der Waals surface area contributed by atoms with E-state index in [4.69, 9.17) is 21.1 Å². The number of anilines is 2. The van der Waals surface area contributed by atoms with Gasteiger partial charge in [-0.3, -0.25) is 4.79 Å². The fourth-order valence-electron chi connectivity index (χ4n) is 3.60. The smallest absolute Gasteiger partial charge is 0.323 e. The molecule has 3 N–H and O–H groups in total. The van der Waals surface area contributed by atoms with Gasteiger partial charge < -0.3 is 30.3 Å². The first-order chi connectivity index (χ1) is 15.8. The first kappa shape index (κ1) is 24.8. The van der Waals surface area contributed by atoms with Crippen LogP contribution in [0.2, 0.25) is 5.02 Å². The Bertz CT molecular complexity index is 987. The average molecular weight is 475 g/mol. The second-order valence-electron chi connectivity index (χ2n) is 8.36. The van der Waals surface area contributed by atoms with Crippen molar-refractivity contribution in [1.29, 1.82) is 0 Å². The lowest BCUT2D eigenvalue weighted by molar-refractivity contribution is 0.0281. The third-order valence-electron chi connectivity index (χ3n) is 5.57. The number of halogens is 1. The van der Waals surface area contributed by atoms with Gasteiger partial charge in [-0.1, -0.05) is 24.6 Å². The molecule has 3 rings (SSSR count). The van der Waals surface area contributed by atoms with Gasteiger partial charge in [0.05, 0.1) is 11.7 Å². The number of likely N-dealkylation sites (N-methyl/N-ethyl adjacent to an activating group) is 1. The molecule has 0 aromatic heterocycles. The minimum Gasteiger partial charge on any atom is -0.491 e. The van der Waals surface area contributed by atoms with E-state index < -0.39 is 6.03 Å². The number of fused-ring (bicyclic) bond motifs is 1. The summed E-state index contributed by atoms with van der Waals surface area (Å²) in [6, 6.07) is 11.5. The molecule has 1 aliphatic heterocycles. The molecule has 0 radical (unpaired) electrons. The molecule has 1 heterocycles. The molecular weight excluding hydrogens is 444 g/mol. The fourth-order valence-corrected chi connectivity index (χ4v) is 3.79. The summed E-state index contributed by atoms with van der Waals surface area (Å²) in [5.41, 5.74) is 1.40. The third kappa shape index (κ3) is 6.83. The Balaban J connectivity index is 1.82. The minimum atomic E-state index is -0.446. The van der Waals surface area contributed by atoms with Crippen molar-refractivity contribution in [2.24, 2.45) is 5.92 Å². The zero-order valence-corrected chi connectivity index (χ0v) is 20.1. The van der Waals surface area contributed by atoms with Crippen LogP contribution in [0.5, 0.6) is 5.75 Å². The molecule has 3 amide bonds. The number of ether oxygens (including phenoxy) is 2. The molecular formula is C24H31ClN4O4. The Hall–Kier alpha value is -2.81. The second-order valence-corrected chi connectivity index (χ2v) is 8.79. The molecule has 0 aliphatic carbocycles. The SMILES string of the molecule is CO[C@@H]1CN(C)C(=O)c2cc(NC(=O)Nc3cccc(Cl)c3)ccc2OC[C@H](C)NC[C@@H]1C. The number of urea groups is 1. The predicted molar refractivity (Wildman–Crippen MR) is 130 cm³/mol. The number of hydrogen-bond donors (Lipinski definition) is 3. The molecule has 2 aromatic carbocycles. The van der Waals surface area contributed by atoms with Gasteiger partial charge in [0.25, 0.3) is 5.91 Å². The summed E-state index contributed by atoms with van der Waals surface area (Å²) in [6.45, 7) is 5.70. The number of methoxy groups -OCH3 is 1. The number of benzene rings is 2. The molecule has 8 nitrogen and oxygen atoms in total. The van der Waals surface area contributed by atoms with E-state index in [0.717, 1.165) is 6.54 Å². The highest BCUT2D eigenvalue weighted by Gasteiger charge is 2.25. The molecule has 0 spiro atoms. The summed E-state index contributed by atoms with van der Waals surface area (Å²) in [6.07, 6.45) is -0.118. The van der Waals surface area contributed by atoms with Gasteiger partial charge in [0, 0.05) is 49.7 Å². The van der Waals surface area contributed by atoms with Crippen molar-refractivity contribution in [2.45, 2.75) is 26.0 Å². The summed E-state index contributed by atoms with van der Waals surface area (Å²) in [5.74, 6) is 0.456. The monoisotopic (exact) mass is 474 g/mol. The molecule has 0 saturated carbocycles. The highest BCUT2D eigenvalue weighted by Crippen LogP contribution is 2.26. The van der Waals surface area contributed by atoms with Crippen molar-refractivity contribution in [3.8, 4) is 5.75 Å². The van der Waals surface area contributed by atoms with Gasteiger partial charge in [0.2, 0.25) is 0 Å². The Labute approximate surface area is 199 Å². The van der Waals surface area contributed by atoms with Gasteiger partial charge in [0.15, 0.2) is 0 Å². The van der Waals surface area contributed by atoms with Crippen molar-refractivity contribution in [3.05, 3.63) is 53.1 Å². The van der Waals surface area contributed by atoms with Crippen LogP contribution in [0.15, 0.2) is 42.5 Å². The third-order valence-corrected chi connectivity index (χ3v) is 5.80. The van der Waals surface area contributed by atoms with Gasteiger partial charge in [0.1, 0.15) is 12.4 Å². The highest BCUT2D eigenvalue weighted by molar-refractivity contribution is 6.30. The van der Waals surface area contributed by atoms with Crippen molar-refractivity contribution in [3.63, 3.8) is 0 Å². The van der Waals surface area contributed by atoms with E-state index in [1.54, 1.807) is 61.5 Å². The largest absolute Gasteiger partial charge is 0.491 e. The molecule has 0 unspecified atom stereocenters. The molecule has 178 valence electrons. The van der Waals surface area contributed by atoms with Gasteiger partial charge in [-0.2, -0.15) is 0 Å². The van der Waals surface area contributed by atoms with E-state index in [1.165, 1.54) is 0 Å². The molecule has 9 heteroatoms. The summed E-state index contributed by atoms with van der Waals surface area (Å²) >= 11 is 5.97. The van der Waals surface area contributed by atoms with Crippen LogP contribution >= 0.6 is 11.6 Å². The molecule has 33 heavy (non-hydrogen) atoms. The van der Waals surface area contributed by atoms with Crippen molar-refractivity contribution in [1.82, 2.24) is 10.2 Å². The quantitative estimate of drug-likeness (QED) is 0.623. The van der Waals surface area contributed by atoms with E-state index in [1.807, 2.05) is 6.92 Å². The Morgan fingerprint density at radius 2 is 1.91 bits per heavy atom. The lowest BCUT2D eigenvalue weighted by atomic mass is 10.0. The maximum Gasteiger partial charge on any atom is 0.323 e. The van der Waals surface area contributed by atoms with Crippen molar-refractivity contribution < 1.29 is 19.1 Å². The molecule has 0 saturated heterocycles. The standard InChI is InChI=1S/C24H31ClN4O4/c1-15-12-26-16(2)14-33-21-9-8-19(11-20(21)23(30)29(3)13-22(15)32-4)28-24(31)27-18-7-5-6-17(25)10-18/h5-11,15-16,22,26H,12-14H2,1-4H3,(H2,27,28,31)/t15-,16-,22+/m0/s1. The first-order valence-corrected chi connectivity index (χ1v) is 11.3. The number of carbonyl (C=O) groups excluding carboxylic acids is 2. The van der Waals surface area contributed by atoms with Crippen LogP contribution in [-0.4, -0.2) is 62.8 Å². The van der Waals surface area contributed by atoms with E-state index in [2.05, 4.69) is 22.9 Å². The Morgan fingerprint density at radius 3 is 2.61 bits per heavy atom. The highest BCUT2D eigenvalue weighted by atomic mass is 35.5. The number of carbonyl (C=O) groups is 2. The van der Waals surface area contributed by atoms with E-state index in [0.29, 0.717) is 40.9 Å². The van der Waals surface area contributed by atoms with E-state index in [-0.39, 0.29) is 24.0 Å². The Morgan fingerprint density at radius 1 is 1.18 bits per heavy atom. The normalized spacial score (nSPS) is 21.8. The maximum absolute atomic E-state index is 13.3. The average Bonchev–Trinajstić information content (AvgIpc) is 2.78. The second kappa shape index (κ2) is 11.4. The maximum atomic E-state index is 13.3. The predicted octanol–water partition coefficient (Wildman–Crippen LogP) is 4.08. The lowest BCUT2D eigenvalue weighted by Crippen LogP contribution is -2.44. The van der Waals surface area contributed by atoms with Crippen LogP contribution in [0.1, 0.15) is 24.2 Å². The zero-order chi connectivity index (χ0) is 24.0. The summed E-state index contributed by atoms with van der Waals surface area (Å²) in [4.78, 5) is 27.4. The lowest BCUT2D eigenvalue weighted by Gasteiger charge is -2.30. The van der Waals surface area contributed by atoms with Crippen LogP contribution in [0.25, 0.3) is 0 Å². The molecule has 0 fully saturated rings. The van der Waals surface area contributed by atoms with Crippen molar-refractivity contribution in [2.75, 3.05) is 44.5 Å². The first-order valence-electron chi connectivity index (χ1n) is 10.9. The van der Waals surface area contributed by atoms with E-state index in [9.17, 15) is 9.59 Å². The van der Waals surface area contributed by atoms with E-state index >= 15 is 0 Å². The number of hydrogen-bond acceptors (Lipinski definition) is 5. The molecule has 2 aromatic rings. The van der Waals surface area contributed by atoms with Gasteiger partial charge in [-0.15, -0.1) is 0 Å². The number of rotatable bonds is 3. The van der Waals surface area contributed by atoms with Crippen LogP contribution in [0.4, 0.5) is 16.2 Å². The molecule has 3 atom stereocenters. The topological polar surface area (TPSA) is 91.9 Å². The van der Waals surface area contributed by atoms with Crippen LogP contribution in [-0.2, 0) is 4.74 Å². The summed E-state index contributed by atoms with van der Waals surface area (Å²) < 4.78 is 11.6. The summed E-state index contributed by atoms with van der Waals surface area (Å²) in [5, 5.41) is 9.46. The molecule has 1 aliphatic rings. The van der Waals surface area contributed by atoms with Crippen molar-refractivity contribution >= 4 is 34.9 Å². The number of nitrogens with zero attached hydrogens (tertiary/aromatic N) is 1.